The molecule has 0 atom stereocenters. The molecule has 0 aliphatic carbocycles. The summed E-state index contributed by atoms with van der Waals surface area (Å²) in [4.78, 5) is 21.5. The molecule has 0 bridgehead atoms. The number of thiocarbonyl (C=S) groups is 1. The van der Waals surface area contributed by atoms with Crippen LogP contribution in [0.15, 0.2) is 18.2 Å². The normalized spacial score (nSPS) is 9.50. The van der Waals surface area contributed by atoms with Crippen molar-refractivity contribution < 1.29 is 19.8 Å². The summed E-state index contributed by atoms with van der Waals surface area (Å²) in [6.45, 7) is 0. The van der Waals surface area contributed by atoms with Crippen molar-refractivity contribution in [1.82, 2.24) is 0 Å². The lowest BCUT2D eigenvalue weighted by Crippen LogP contribution is -2.19. The molecule has 5 N–H and O–H groups in total. The summed E-state index contributed by atoms with van der Waals surface area (Å²) in [5.74, 6) is -2.46. The van der Waals surface area contributed by atoms with Gasteiger partial charge in [0.2, 0.25) is 0 Å². The van der Waals surface area contributed by atoms with Gasteiger partial charge < -0.3 is 21.3 Å². The first kappa shape index (κ1) is 11.9. The van der Waals surface area contributed by atoms with Gasteiger partial charge in [-0.05, 0) is 30.4 Å². The number of rotatable bonds is 3. The number of nitrogens with one attached hydrogen (secondary N) is 1. The smallest absolute Gasteiger partial charge is 0.335 e. The summed E-state index contributed by atoms with van der Waals surface area (Å²) in [5.41, 5.74) is 5.12. The van der Waals surface area contributed by atoms with E-state index >= 15 is 0 Å². The SMILES string of the molecule is NC(=S)Nc1cc(C(=O)O)cc(C(=O)O)c1. The molecule has 0 aromatic heterocycles. The maximum atomic E-state index is 10.7. The summed E-state index contributed by atoms with van der Waals surface area (Å²) in [6.07, 6.45) is 0. The first-order valence-electron chi connectivity index (χ1n) is 4.08. The fourth-order valence-corrected chi connectivity index (χ4v) is 1.21. The van der Waals surface area contributed by atoms with Crippen molar-refractivity contribution in [1.29, 1.82) is 0 Å². The van der Waals surface area contributed by atoms with E-state index in [2.05, 4.69) is 17.5 Å². The molecule has 0 amide bonds. The Balaban J connectivity index is 3.23. The number of benzene rings is 1. The van der Waals surface area contributed by atoms with E-state index in [1.54, 1.807) is 0 Å². The average molecular weight is 240 g/mol. The predicted octanol–water partition coefficient (Wildman–Crippen LogP) is 0.739. The van der Waals surface area contributed by atoms with Crippen LogP contribution < -0.4 is 11.1 Å². The molecule has 0 radical (unpaired) electrons. The standard InChI is InChI=1S/C9H8N2O4S/c10-9(16)11-6-2-4(7(12)13)1-5(3-6)8(14)15/h1-3H,(H,12,13)(H,14,15)(H3,10,11,16). The monoisotopic (exact) mass is 240 g/mol. The van der Waals surface area contributed by atoms with Crippen LogP contribution in [0.5, 0.6) is 0 Å². The lowest BCUT2D eigenvalue weighted by Gasteiger charge is -2.06. The Labute approximate surface area is 95.7 Å². The summed E-state index contributed by atoms with van der Waals surface area (Å²) in [7, 11) is 0. The molecule has 0 unspecified atom stereocenters. The Morgan fingerprint density at radius 1 is 1.12 bits per heavy atom. The van der Waals surface area contributed by atoms with Crippen LogP contribution in [0, 0.1) is 0 Å². The van der Waals surface area contributed by atoms with Gasteiger partial charge in [0.15, 0.2) is 5.11 Å². The molecule has 84 valence electrons. The lowest BCUT2D eigenvalue weighted by molar-refractivity contribution is 0.0696. The van der Waals surface area contributed by atoms with Crippen LogP contribution in [0.1, 0.15) is 20.7 Å². The Morgan fingerprint density at radius 2 is 1.56 bits per heavy atom. The van der Waals surface area contributed by atoms with Gasteiger partial charge in [-0.3, -0.25) is 0 Å². The van der Waals surface area contributed by atoms with E-state index in [0.717, 1.165) is 6.07 Å². The zero-order valence-corrected chi connectivity index (χ0v) is 8.75. The highest BCUT2D eigenvalue weighted by Gasteiger charge is 2.11. The van der Waals surface area contributed by atoms with E-state index in [0.29, 0.717) is 0 Å². The minimum Gasteiger partial charge on any atom is -0.478 e. The number of nitrogens with two attached hydrogens (primary N) is 1. The zero-order chi connectivity index (χ0) is 12.3. The molecule has 0 fully saturated rings. The summed E-state index contributed by atoms with van der Waals surface area (Å²) >= 11 is 4.57. The summed E-state index contributed by atoms with van der Waals surface area (Å²) in [6, 6.07) is 3.54. The van der Waals surface area contributed by atoms with Crippen LogP contribution in [0.25, 0.3) is 0 Å². The highest BCUT2D eigenvalue weighted by molar-refractivity contribution is 7.80. The average Bonchev–Trinajstić information content (AvgIpc) is 2.15. The molecule has 0 spiro atoms. The topological polar surface area (TPSA) is 113 Å². The second-order valence-corrected chi connectivity index (χ2v) is 3.34. The molecule has 0 heterocycles. The molecular formula is C9H8N2O4S. The molecule has 16 heavy (non-hydrogen) atoms. The fraction of sp³-hybridized carbons (Fsp3) is 0. The van der Waals surface area contributed by atoms with Gasteiger partial charge in [0, 0.05) is 5.69 Å². The minimum atomic E-state index is -1.23. The van der Waals surface area contributed by atoms with Gasteiger partial charge in [0.05, 0.1) is 11.1 Å². The molecule has 0 aliphatic rings. The maximum Gasteiger partial charge on any atom is 0.335 e. The third-order valence-corrected chi connectivity index (χ3v) is 1.80. The van der Waals surface area contributed by atoms with Crippen LogP contribution in [0.2, 0.25) is 0 Å². The number of hydrogen-bond donors (Lipinski definition) is 4. The van der Waals surface area contributed by atoms with Crippen LogP contribution in [-0.2, 0) is 0 Å². The van der Waals surface area contributed by atoms with Gasteiger partial charge in [-0.15, -0.1) is 0 Å². The number of carboxylic acid groups (broad SMARTS) is 2. The molecule has 1 aromatic rings. The quantitative estimate of drug-likeness (QED) is 0.576. The lowest BCUT2D eigenvalue weighted by atomic mass is 10.1. The van der Waals surface area contributed by atoms with E-state index in [4.69, 9.17) is 15.9 Å². The van der Waals surface area contributed by atoms with Crippen molar-refractivity contribution in [3.05, 3.63) is 29.3 Å². The van der Waals surface area contributed by atoms with Crippen LogP contribution in [0.4, 0.5) is 5.69 Å². The Morgan fingerprint density at radius 3 is 1.88 bits per heavy atom. The third kappa shape index (κ3) is 2.92. The first-order valence-corrected chi connectivity index (χ1v) is 4.49. The number of aromatic carboxylic acids is 2. The van der Waals surface area contributed by atoms with Gasteiger partial charge in [-0.2, -0.15) is 0 Å². The fourth-order valence-electron chi connectivity index (χ4n) is 1.09. The predicted molar refractivity (Wildman–Crippen MR) is 60.8 cm³/mol. The van der Waals surface area contributed by atoms with E-state index in [9.17, 15) is 9.59 Å². The van der Waals surface area contributed by atoms with Crippen LogP contribution in [0.3, 0.4) is 0 Å². The van der Waals surface area contributed by atoms with E-state index < -0.39 is 11.9 Å². The largest absolute Gasteiger partial charge is 0.478 e. The van der Waals surface area contributed by atoms with Gasteiger partial charge in [0.1, 0.15) is 0 Å². The number of hydrogen-bond acceptors (Lipinski definition) is 3. The third-order valence-electron chi connectivity index (χ3n) is 1.69. The highest BCUT2D eigenvalue weighted by atomic mass is 32.1. The highest BCUT2D eigenvalue weighted by Crippen LogP contribution is 2.15. The number of anilines is 1. The zero-order valence-electron chi connectivity index (χ0n) is 7.93. The van der Waals surface area contributed by atoms with Crippen molar-refractivity contribution in [2.75, 3.05) is 5.32 Å². The molecule has 1 rings (SSSR count). The van der Waals surface area contributed by atoms with E-state index in [1.165, 1.54) is 12.1 Å². The van der Waals surface area contributed by atoms with Crippen molar-refractivity contribution in [3.8, 4) is 0 Å². The molecule has 6 nitrogen and oxygen atoms in total. The van der Waals surface area contributed by atoms with Crippen molar-refractivity contribution in [2.24, 2.45) is 5.73 Å². The molecule has 1 aromatic carbocycles. The molecule has 7 heteroatoms. The van der Waals surface area contributed by atoms with Crippen molar-refractivity contribution in [3.63, 3.8) is 0 Å². The van der Waals surface area contributed by atoms with Gasteiger partial charge in [-0.25, -0.2) is 9.59 Å². The first-order chi connectivity index (χ1) is 7.40. The maximum absolute atomic E-state index is 10.7. The van der Waals surface area contributed by atoms with Gasteiger partial charge in [-0.1, -0.05) is 0 Å². The molecular weight excluding hydrogens is 232 g/mol. The van der Waals surface area contributed by atoms with Gasteiger partial charge >= 0.3 is 11.9 Å². The molecule has 0 saturated carbocycles. The van der Waals surface area contributed by atoms with Crippen molar-refractivity contribution >= 4 is 35.0 Å². The summed E-state index contributed by atoms with van der Waals surface area (Å²) in [5, 5.41) is 19.9. The second-order valence-electron chi connectivity index (χ2n) is 2.90. The molecule has 0 saturated heterocycles. The Bertz CT molecular complexity index is 440. The summed E-state index contributed by atoms with van der Waals surface area (Å²) < 4.78 is 0. The van der Waals surface area contributed by atoms with Crippen LogP contribution in [-0.4, -0.2) is 27.3 Å². The number of carbonyl (C=O) groups is 2. The molecule has 0 aliphatic heterocycles. The van der Waals surface area contributed by atoms with E-state index in [-0.39, 0.29) is 21.9 Å². The Hall–Kier alpha value is -2.15. The van der Waals surface area contributed by atoms with Crippen LogP contribution >= 0.6 is 12.2 Å². The number of carboxylic acids is 2. The van der Waals surface area contributed by atoms with Gasteiger partial charge in [0.25, 0.3) is 0 Å². The van der Waals surface area contributed by atoms with E-state index in [1.807, 2.05) is 0 Å². The Kier molecular flexibility index (Phi) is 3.41. The van der Waals surface area contributed by atoms with Crippen molar-refractivity contribution in [2.45, 2.75) is 0 Å². The second kappa shape index (κ2) is 4.58. The minimum absolute atomic E-state index is 0.0705.